The van der Waals surface area contributed by atoms with Crippen molar-refractivity contribution in [2.75, 3.05) is 26.3 Å². The molecular weight excluding hydrogens is 202 g/mol. The smallest absolute Gasteiger partial charge is 0.0674 e. The summed E-state index contributed by atoms with van der Waals surface area (Å²) in [6.45, 7) is 14.6. The van der Waals surface area contributed by atoms with Gasteiger partial charge >= 0.3 is 0 Å². The molecule has 1 saturated heterocycles. The fraction of sp³-hybridized carbons (Fsp3) is 1.00. The second-order valence-corrected chi connectivity index (χ2v) is 5.80. The van der Waals surface area contributed by atoms with Crippen molar-refractivity contribution in [3.05, 3.63) is 0 Å². The monoisotopic (exact) mass is 229 g/mol. The van der Waals surface area contributed by atoms with Gasteiger partial charge in [0, 0.05) is 25.7 Å². The minimum Gasteiger partial charge on any atom is -0.376 e. The Morgan fingerprint density at radius 2 is 2.00 bits per heavy atom. The molecule has 3 nitrogen and oxygen atoms in total. The molecule has 2 atom stereocenters. The van der Waals surface area contributed by atoms with E-state index in [2.05, 4.69) is 39.5 Å². The Bertz CT molecular complexity index is 201. The van der Waals surface area contributed by atoms with Gasteiger partial charge < -0.3 is 9.47 Å². The van der Waals surface area contributed by atoms with Crippen LogP contribution in [0.15, 0.2) is 0 Å². The molecule has 0 aromatic rings. The van der Waals surface area contributed by atoms with Crippen LogP contribution in [0.2, 0.25) is 0 Å². The van der Waals surface area contributed by atoms with Crippen LogP contribution in [0.3, 0.4) is 0 Å². The summed E-state index contributed by atoms with van der Waals surface area (Å²) in [7, 11) is 0. The van der Waals surface area contributed by atoms with E-state index in [0.717, 1.165) is 32.7 Å². The molecule has 0 amide bonds. The van der Waals surface area contributed by atoms with E-state index < -0.39 is 0 Å². The van der Waals surface area contributed by atoms with Crippen molar-refractivity contribution in [3.8, 4) is 0 Å². The van der Waals surface area contributed by atoms with E-state index >= 15 is 0 Å². The highest BCUT2D eigenvalue weighted by Gasteiger charge is 2.22. The number of hydrogen-bond acceptors (Lipinski definition) is 3. The number of rotatable bonds is 4. The summed E-state index contributed by atoms with van der Waals surface area (Å²) in [4.78, 5) is 2.50. The first-order valence-electron chi connectivity index (χ1n) is 6.38. The van der Waals surface area contributed by atoms with Crippen LogP contribution in [0, 0.1) is 0 Å². The van der Waals surface area contributed by atoms with Gasteiger partial charge in [-0.25, -0.2) is 0 Å². The lowest BCUT2D eigenvalue weighted by Gasteiger charge is -2.36. The number of morpholine rings is 1. The molecule has 0 aliphatic carbocycles. The van der Waals surface area contributed by atoms with Gasteiger partial charge in [-0.2, -0.15) is 0 Å². The quantitative estimate of drug-likeness (QED) is 0.690. The zero-order valence-electron chi connectivity index (χ0n) is 11.5. The maximum atomic E-state index is 5.72. The minimum absolute atomic E-state index is 0.0100. The first-order valence-corrected chi connectivity index (χ1v) is 6.38. The highest BCUT2D eigenvalue weighted by molar-refractivity contribution is 4.75. The van der Waals surface area contributed by atoms with Crippen molar-refractivity contribution in [2.24, 2.45) is 0 Å². The standard InChI is InChI=1S/C13H27NO2/c1-11-10-15-12(2)9-14(11)7-6-8-16-13(3,4)5/h11-12H,6-10H2,1-5H3. The lowest BCUT2D eigenvalue weighted by atomic mass is 10.2. The Morgan fingerprint density at radius 1 is 1.31 bits per heavy atom. The molecule has 96 valence electrons. The molecule has 0 bridgehead atoms. The Kier molecular flexibility index (Phi) is 5.22. The summed E-state index contributed by atoms with van der Waals surface area (Å²) in [5.41, 5.74) is -0.0100. The van der Waals surface area contributed by atoms with Crippen LogP contribution in [0.25, 0.3) is 0 Å². The molecule has 1 aliphatic heterocycles. The molecule has 1 rings (SSSR count). The van der Waals surface area contributed by atoms with E-state index in [0.29, 0.717) is 12.1 Å². The van der Waals surface area contributed by atoms with Gasteiger partial charge in [0.1, 0.15) is 0 Å². The van der Waals surface area contributed by atoms with E-state index in [1.165, 1.54) is 0 Å². The first-order chi connectivity index (χ1) is 7.38. The van der Waals surface area contributed by atoms with Gasteiger partial charge in [-0.05, 0) is 41.0 Å². The second-order valence-electron chi connectivity index (χ2n) is 5.80. The Hall–Kier alpha value is -0.120. The predicted octanol–water partition coefficient (Wildman–Crippen LogP) is 2.30. The fourth-order valence-corrected chi connectivity index (χ4v) is 1.93. The summed E-state index contributed by atoms with van der Waals surface area (Å²) >= 11 is 0. The van der Waals surface area contributed by atoms with Crippen molar-refractivity contribution >= 4 is 0 Å². The Morgan fingerprint density at radius 3 is 2.62 bits per heavy atom. The van der Waals surface area contributed by atoms with Crippen molar-refractivity contribution in [3.63, 3.8) is 0 Å². The molecule has 0 saturated carbocycles. The lowest BCUT2D eigenvalue weighted by molar-refractivity contribution is -0.0563. The van der Waals surface area contributed by atoms with E-state index in [1.54, 1.807) is 0 Å². The summed E-state index contributed by atoms with van der Waals surface area (Å²) in [5, 5.41) is 0. The van der Waals surface area contributed by atoms with Gasteiger partial charge in [0.25, 0.3) is 0 Å². The largest absolute Gasteiger partial charge is 0.376 e. The van der Waals surface area contributed by atoms with Gasteiger partial charge in [-0.3, -0.25) is 4.90 Å². The summed E-state index contributed by atoms with van der Waals surface area (Å²) in [6, 6.07) is 0.547. The molecule has 2 unspecified atom stereocenters. The topological polar surface area (TPSA) is 21.7 Å². The molecule has 0 aromatic heterocycles. The van der Waals surface area contributed by atoms with Crippen molar-refractivity contribution in [1.29, 1.82) is 0 Å². The molecule has 0 aromatic carbocycles. The SMILES string of the molecule is CC1CN(CCCOC(C)(C)C)C(C)CO1. The summed E-state index contributed by atoms with van der Waals surface area (Å²) < 4.78 is 11.3. The molecule has 0 N–H and O–H groups in total. The van der Waals surface area contributed by atoms with Crippen molar-refractivity contribution < 1.29 is 9.47 Å². The number of ether oxygens (including phenoxy) is 2. The Balaban J connectivity index is 2.16. The van der Waals surface area contributed by atoms with Crippen molar-refractivity contribution in [1.82, 2.24) is 4.90 Å². The predicted molar refractivity (Wildman–Crippen MR) is 66.8 cm³/mol. The van der Waals surface area contributed by atoms with Crippen LogP contribution < -0.4 is 0 Å². The Labute approximate surface area is 100 Å². The molecule has 1 fully saturated rings. The molecule has 1 heterocycles. The molecule has 0 radical (unpaired) electrons. The highest BCUT2D eigenvalue weighted by Crippen LogP contribution is 2.12. The van der Waals surface area contributed by atoms with Gasteiger partial charge in [0.15, 0.2) is 0 Å². The van der Waals surface area contributed by atoms with Gasteiger partial charge in [0.05, 0.1) is 18.3 Å². The first kappa shape index (κ1) is 13.9. The van der Waals surface area contributed by atoms with Crippen LogP contribution in [-0.2, 0) is 9.47 Å². The molecule has 1 aliphatic rings. The average molecular weight is 229 g/mol. The molecule has 0 spiro atoms. The highest BCUT2D eigenvalue weighted by atomic mass is 16.5. The lowest BCUT2D eigenvalue weighted by Crippen LogP contribution is -2.47. The number of nitrogens with zero attached hydrogens (tertiary/aromatic N) is 1. The number of hydrogen-bond donors (Lipinski definition) is 0. The van der Waals surface area contributed by atoms with Crippen LogP contribution in [0.4, 0.5) is 0 Å². The molecule has 16 heavy (non-hydrogen) atoms. The minimum atomic E-state index is -0.0100. The van der Waals surface area contributed by atoms with Crippen LogP contribution >= 0.6 is 0 Å². The normalized spacial score (nSPS) is 28.3. The third-order valence-electron chi connectivity index (χ3n) is 2.86. The van der Waals surface area contributed by atoms with Crippen LogP contribution in [0.5, 0.6) is 0 Å². The average Bonchev–Trinajstić information content (AvgIpc) is 2.16. The van der Waals surface area contributed by atoms with Crippen LogP contribution in [-0.4, -0.2) is 49.0 Å². The van der Waals surface area contributed by atoms with Crippen LogP contribution in [0.1, 0.15) is 41.0 Å². The maximum absolute atomic E-state index is 5.72. The summed E-state index contributed by atoms with van der Waals surface area (Å²) in [6.07, 6.45) is 1.48. The molecular formula is C13H27NO2. The van der Waals surface area contributed by atoms with E-state index in [1.807, 2.05) is 0 Å². The fourth-order valence-electron chi connectivity index (χ4n) is 1.93. The van der Waals surface area contributed by atoms with Gasteiger partial charge in [0.2, 0.25) is 0 Å². The zero-order valence-corrected chi connectivity index (χ0v) is 11.5. The summed E-state index contributed by atoms with van der Waals surface area (Å²) in [5.74, 6) is 0. The maximum Gasteiger partial charge on any atom is 0.0674 e. The van der Waals surface area contributed by atoms with Gasteiger partial charge in [-0.1, -0.05) is 0 Å². The third kappa shape index (κ3) is 5.28. The van der Waals surface area contributed by atoms with E-state index in [4.69, 9.17) is 9.47 Å². The molecule has 3 heteroatoms. The van der Waals surface area contributed by atoms with Crippen molar-refractivity contribution in [2.45, 2.75) is 58.8 Å². The zero-order chi connectivity index (χ0) is 12.2. The third-order valence-corrected chi connectivity index (χ3v) is 2.86. The van der Waals surface area contributed by atoms with Gasteiger partial charge in [-0.15, -0.1) is 0 Å². The second kappa shape index (κ2) is 5.99. The van der Waals surface area contributed by atoms with E-state index in [9.17, 15) is 0 Å². The van der Waals surface area contributed by atoms with E-state index in [-0.39, 0.29) is 5.60 Å².